The van der Waals surface area contributed by atoms with Gasteiger partial charge in [0.2, 0.25) is 0 Å². The number of carboxylic acids is 1. The van der Waals surface area contributed by atoms with E-state index in [1.807, 2.05) is 27.7 Å². The van der Waals surface area contributed by atoms with E-state index < -0.39 is 223 Å². The highest BCUT2D eigenvalue weighted by molar-refractivity contribution is 5.88. The van der Waals surface area contributed by atoms with Crippen molar-refractivity contribution in [3.63, 3.8) is 0 Å². The summed E-state index contributed by atoms with van der Waals surface area (Å²) < 4.78 is 67.8. The van der Waals surface area contributed by atoms with Crippen LogP contribution in [0, 0.1) is 50.2 Å². The molecule has 92 heavy (non-hydrogen) atoms. The van der Waals surface area contributed by atoms with Crippen molar-refractivity contribution in [2.75, 3.05) is 19.8 Å². The lowest BCUT2D eigenvalue weighted by atomic mass is 9.33. The van der Waals surface area contributed by atoms with Gasteiger partial charge in [0.25, 0.3) is 0 Å². The van der Waals surface area contributed by atoms with Gasteiger partial charge in [-0.05, 0) is 124 Å². The highest BCUT2D eigenvalue weighted by atomic mass is 16.8. The van der Waals surface area contributed by atoms with Crippen molar-refractivity contribution in [1.82, 2.24) is 0 Å². The molecule has 0 aromatic carbocycles. The molecule has 4 aliphatic heterocycles. The third kappa shape index (κ3) is 12.2. The Balaban J connectivity index is 1.01. The fraction of sp³-hybridized carbons (Fsp3) is 0.846. The lowest BCUT2D eigenvalue weighted by molar-refractivity contribution is -0.386. The van der Waals surface area contributed by atoms with E-state index in [4.69, 9.17) is 52.1 Å². The molecule has 0 aromatic rings. The first kappa shape index (κ1) is 72.6. The number of carbonyl (C=O) groups excluding carboxylic acids is 3. The van der Waals surface area contributed by atoms with Gasteiger partial charge in [0.15, 0.2) is 43.5 Å². The Labute approximate surface area is 535 Å². The largest absolute Gasteiger partial charge is 0.479 e. The van der Waals surface area contributed by atoms with Crippen molar-refractivity contribution in [1.29, 1.82) is 0 Å². The summed E-state index contributed by atoms with van der Waals surface area (Å²) in [6.45, 7) is 21.5. The monoisotopic (exact) mass is 1310 g/mol. The number of esters is 3. The van der Waals surface area contributed by atoms with Gasteiger partial charge in [-0.15, -0.1) is 0 Å². The Morgan fingerprint density at radius 2 is 1.14 bits per heavy atom. The number of allylic oxidation sites excluding steroid dienone is 4. The number of rotatable bonds is 17. The smallest absolute Gasteiger partial charge is 0.335 e. The summed E-state index contributed by atoms with van der Waals surface area (Å²) in [4.78, 5) is 53.0. The zero-order chi connectivity index (χ0) is 68.0. The number of carboxylic acid groups (broad SMARTS) is 1. The molecule has 30 atom stereocenters. The number of fused-ring (bicyclic) bond motifs is 7. The Morgan fingerprint density at radius 1 is 0.587 bits per heavy atom. The van der Waals surface area contributed by atoms with Gasteiger partial charge in [-0.1, -0.05) is 72.3 Å². The second-order valence-electron chi connectivity index (χ2n) is 29.3. The van der Waals surface area contributed by atoms with E-state index in [9.17, 15) is 80.5 Å². The second kappa shape index (κ2) is 27.0. The Bertz CT molecular complexity index is 2790. The number of hydrogen-bond donors (Lipinski definition) is 12. The highest BCUT2D eigenvalue weighted by Gasteiger charge is 2.74. The maximum atomic E-state index is 13.5. The molecule has 9 aliphatic rings. The summed E-state index contributed by atoms with van der Waals surface area (Å²) >= 11 is 0. The van der Waals surface area contributed by atoms with E-state index in [0.717, 1.165) is 5.57 Å². The van der Waals surface area contributed by atoms with E-state index in [0.29, 0.717) is 32.1 Å². The van der Waals surface area contributed by atoms with Gasteiger partial charge in [-0.3, -0.25) is 4.79 Å². The molecule has 4 saturated heterocycles. The summed E-state index contributed by atoms with van der Waals surface area (Å²) in [5, 5.41) is 134. The van der Waals surface area contributed by atoms with Gasteiger partial charge in [-0.2, -0.15) is 0 Å². The molecular formula is C65H100O27. The number of carbonyl (C=O) groups is 4. The van der Waals surface area contributed by atoms with Gasteiger partial charge < -0.3 is 113 Å². The van der Waals surface area contributed by atoms with Crippen LogP contribution in [0.25, 0.3) is 0 Å². The Morgan fingerprint density at radius 3 is 1.70 bits per heavy atom. The first-order valence-electron chi connectivity index (χ1n) is 32.3. The molecule has 0 amide bonds. The zero-order valence-electron chi connectivity index (χ0n) is 54.8. The SMILES string of the molecule is CC=C(C)C(=O)O[C@@H]1C(O)[C@H](O[C@H]2[C@@H](OC(C)=O)[C@@]3(CO)C(CC2(C)C)C2=CCC4[C@@]5(C)CC[C@H](O[C@@H]6OC(C(=O)O)[C@@H](O)[C@@H](O[C@@H]7O[C@@H](CO)C(O)[C@@H]7O)C6O[C@@H]6OC(CO)[C@H](O)[C@@H](O)C6O)C(C)(C)C5CC[C@@]4(C)[C@]2(C)C[C@@H]3O)OC(C)[C@@H]1OC(=O)C(C)=CC. The summed E-state index contributed by atoms with van der Waals surface area (Å²) in [5.41, 5.74) is -3.55. The van der Waals surface area contributed by atoms with Gasteiger partial charge in [0.05, 0.1) is 43.5 Å². The molecule has 4 saturated carbocycles. The molecule has 9 rings (SSSR count). The van der Waals surface area contributed by atoms with E-state index in [1.165, 1.54) is 19.9 Å². The van der Waals surface area contributed by atoms with Crippen molar-refractivity contribution in [2.45, 2.75) is 276 Å². The van der Waals surface area contributed by atoms with Crippen molar-refractivity contribution in [2.24, 2.45) is 50.2 Å². The normalized spacial score (nSPS) is 48.4. The number of aliphatic hydroxyl groups is 11. The maximum absolute atomic E-state index is 13.5. The van der Waals surface area contributed by atoms with Crippen molar-refractivity contribution in [3.8, 4) is 0 Å². The third-order valence-electron chi connectivity index (χ3n) is 23.6. The van der Waals surface area contributed by atoms with E-state index >= 15 is 0 Å². The number of aliphatic carboxylic acids is 1. The molecule has 0 aromatic heterocycles. The quantitative estimate of drug-likeness (QED) is 0.0314. The Hall–Kier alpha value is -3.66. The second-order valence-corrected chi connectivity index (χ2v) is 29.3. The van der Waals surface area contributed by atoms with Crippen LogP contribution in [0.5, 0.6) is 0 Å². The minimum absolute atomic E-state index is 0.0439. The molecule has 0 radical (unpaired) electrons. The van der Waals surface area contributed by atoms with Gasteiger partial charge >= 0.3 is 23.9 Å². The van der Waals surface area contributed by atoms with Crippen molar-refractivity contribution >= 4 is 23.9 Å². The molecule has 10 unspecified atom stereocenters. The standard InChI is InChI=1S/C65H100O27/c1-14-27(3)54(80)87-46-29(5)82-58(45(77)48(46)88-55(81)28(4)15-2)92-51-52(83-30(6)69)65(26-68)32(22-60(51,7)8)31-16-17-36-62(11)20-19-38(61(9,10)35(62)18-21-63(36,12)64(31,13)23-37(65)70)86-59-50(91-57-43(75)41(73)39(71)33(24-66)84-57)47(44(76)49(90-59)53(78)79)89-56-42(74)40(72)34(25-67)85-56/h14-16,29,32-52,56-59,66-68,70-77H,17-26H2,1-13H3,(H,78,79)/t29?,32?,33?,34-,35?,36?,37-,38-,39-,40?,41+,42-,43?,44-,45?,46-,47+,48+,49?,50?,51-,52+,56-,57-,58-,59+,62-,63+,64+,65-/m0/s1. The van der Waals surface area contributed by atoms with Crippen LogP contribution in [0.2, 0.25) is 0 Å². The van der Waals surface area contributed by atoms with Crippen LogP contribution in [0.15, 0.2) is 34.9 Å². The molecule has 0 bridgehead atoms. The molecule has 5 aliphatic carbocycles. The minimum atomic E-state index is -2.13. The van der Waals surface area contributed by atoms with Crippen LogP contribution in [-0.2, 0) is 71.3 Å². The Kier molecular flexibility index (Phi) is 21.3. The summed E-state index contributed by atoms with van der Waals surface area (Å²) in [6.07, 6.45) is -28.8. The molecular weight excluding hydrogens is 1210 g/mol. The van der Waals surface area contributed by atoms with Crippen molar-refractivity contribution < 1.29 is 133 Å². The first-order valence-corrected chi connectivity index (χ1v) is 32.3. The third-order valence-corrected chi connectivity index (χ3v) is 23.6. The molecule has 27 nitrogen and oxygen atoms in total. The molecule has 0 spiro atoms. The highest BCUT2D eigenvalue weighted by Crippen LogP contribution is 2.76. The van der Waals surface area contributed by atoms with Crippen LogP contribution >= 0.6 is 0 Å². The molecule has 27 heteroatoms. The summed E-state index contributed by atoms with van der Waals surface area (Å²) in [6, 6.07) is 0. The fourth-order valence-electron chi connectivity index (χ4n) is 17.9. The van der Waals surface area contributed by atoms with E-state index in [-0.39, 0.29) is 35.8 Å². The average Bonchev–Trinajstić information content (AvgIpc) is 0.736. The molecule has 12 N–H and O–H groups in total. The van der Waals surface area contributed by atoms with Crippen LogP contribution in [0.1, 0.15) is 135 Å². The van der Waals surface area contributed by atoms with Gasteiger partial charge in [-0.25, -0.2) is 14.4 Å². The number of hydrogen-bond acceptors (Lipinski definition) is 26. The predicted octanol–water partition coefficient (Wildman–Crippen LogP) is 0.715. The fourth-order valence-corrected chi connectivity index (χ4v) is 17.9. The van der Waals surface area contributed by atoms with Gasteiger partial charge in [0.1, 0.15) is 79.4 Å². The van der Waals surface area contributed by atoms with Crippen LogP contribution < -0.4 is 0 Å². The lowest BCUT2D eigenvalue weighted by Crippen LogP contribution is -2.73. The summed E-state index contributed by atoms with van der Waals surface area (Å²) in [7, 11) is 0. The number of aliphatic hydroxyl groups excluding tert-OH is 11. The van der Waals surface area contributed by atoms with Crippen LogP contribution in [-0.4, -0.2) is 246 Å². The topological polar surface area (TPSA) is 413 Å². The van der Waals surface area contributed by atoms with Crippen LogP contribution in [0.4, 0.5) is 0 Å². The van der Waals surface area contributed by atoms with Gasteiger partial charge in [0, 0.05) is 18.1 Å². The molecule has 522 valence electrons. The van der Waals surface area contributed by atoms with Crippen LogP contribution in [0.3, 0.4) is 0 Å². The lowest BCUT2D eigenvalue weighted by Gasteiger charge is -2.72. The summed E-state index contributed by atoms with van der Waals surface area (Å²) in [5.74, 6) is -4.65. The molecule has 4 heterocycles. The molecule has 8 fully saturated rings. The predicted molar refractivity (Wildman–Crippen MR) is 316 cm³/mol. The average molecular weight is 1310 g/mol. The maximum Gasteiger partial charge on any atom is 0.335 e. The first-order chi connectivity index (χ1) is 43.0. The van der Waals surface area contributed by atoms with E-state index in [1.54, 1.807) is 33.8 Å². The number of ether oxygens (including phenoxy) is 11. The van der Waals surface area contributed by atoms with E-state index in [2.05, 4.69) is 26.8 Å². The minimum Gasteiger partial charge on any atom is -0.479 e. The van der Waals surface area contributed by atoms with Crippen molar-refractivity contribution in [3.05, 3.63) is 34.9 Å². The zero-order valence-corrected chi connectivity index (χ0v) is 54.8.